The third kappa shape index (κ3) is 2.88. The van der Waals surface area contributed by atoms with E-state index in [9.17, 15) is 9.18 Å². The van der Waals surface area contributed by atoms with E-state index in [1.165, 1.54) is 12.1 Å². The Morgan fingerprint density at radius 2 is 1.91 bits per heavy atom. The highest BCUT2D eigenvalue weighted by Gasteiger charge is 2.27. The van der Waals surface area contributed by atoms with Crippen molar-refractivity contribution in [3.8, 4) is 0 Å². The van der Waals surface area contributed by atoms with Crippen molar-refractivity contribution in [1.29, 1.82) is 0 Å². The van der Waals surface area contributed by atoms with Crippen LogP contribution in [0.1, 0.15) is 27.6 Å². The van der Waals surface area contributed by atoms with E-state index in [1.54, 1.807) is 17.0 Å². The standard InChI is InChI=1S/C18H18FNO2/c1-13-6-2-3-7-14(13)17-12-20(10-11-22-17)18(21)15-8-4-5-9-16(15)19/h2-9,17H,10-12H2,1H3. The fourth-order valence-electron chi connectivity index (χ4n) is 2.77. The summed E-state index contributed by atoms with van der Waals surface area (Å²) in [6.45, 7) is 3.41. The Bertz CT molecular complexity index is 686. The SMILES string of the molecule is Cc1ccccc1C1CN(C(=O)c2ccccc2F)CCO1. The van der Waals surface area contributed by atoms with E-state index in [2.05, 4.69) is 0 Å². The molecule has 0 spiro atoms. The van der Waals surface area contributed by atoms with Gasteiger partial charge in [0.05, 0.1) is 18.7 Å². The van der Waals surface area contributed by atoms with Crippen molar-refractivity contribution in [3.63, 3.8) is 0 Å². The van der Waals surface area contributed by atoms with Gasteiger partial charge in [-0.3, -0.25) is 4.79 Å². The van der Waals surface area contributed by atoms with Gasteiger partial charge in [-0.15, -0.1) is 0 Å². The summed E-state index contributed by atoms with van der Waals surface area (Å²) in [6.07, 6.45) is -0.161. The monoisotopic (exact) mass is 299 g/mol. The summed E-state index contributed by atoms with van der Waals surface area (Å²) in [5, 5.41) is 0. The van der Waals surface area contributed by atoms with Crippen LogP contribution in [0.5, 0.6) is 0 Å². The lowest BCUT2D eigenvalue weighted by molar-refractivity contribution is -0.0232. The number of ether oxygens (including phenoxy) is 1. The zero-order valence-electron chi connectivity index (χ0n) is 12.5. The van der Waals surface area contributed by atoms with Crippen molar-refractivity contribution >= 4 is 5.91 Å². The Balaban J connectivity index is 1.80. The molecule has 0 saturated carbocycles. The predicted molar refractivity (Wildman–Crippen MR) is 82.2 cm³/mol. The van der Waals surface area contributed by atoms with E-state index >= 15 is 0 Å². The molecular formula is C18H18FNO2. The number of rotatable bonds is 2. The van der Waals surface area contributed by atoms with Crippen LogP contribution in [-0.4, -0.2) is 30.5 Å². The van der Waals surface area contributed by atoms with E-state index in [0.29, 0.717) is 19.7 Å². The van der Waals surface area contributed by atoms with Crippen LogP contribution in [0.15, 0.2) is 48.5 Å². The van der Waals surface area contributed by atoms with Gasteiger partial charge in [-0.1, -0.05) is 36.4 Å². The number of morpholine rings is 1. The van der Waals surface area contributed by atoms with Crippen LogP contribution in [0.3, 0.4) is 0 Å². The minimum Gasteiger partial charge on any atom is -0.370 e. The summed E-state index contributed by atoms with van der Waals surface area (Å²) in [7, 11) is 0. The molecule has 0 aromatic heterocycles. The normalized spacial score (nSPS) is 18.3. The molecule has 3 rings (SSSR count). The third-order valence-corrected chi connectivity index (χ3v) is 3.99. The molecule has 1 fully saturated rings. The Kier molecular flexibility index (Phi) is 4.20. The van der Waals surface area contributed by atoms with Crippen LogP contribution < -0.4 is 0 Å². The number of aryl methyl sites for hydroxylation is 1. The molecule has 0 N–H and O–H groups in total. The number of hydrogen-bond donors (Lipinski definition) is 0. The van der Waals surface area contributed by atoms with Crippen molar-refractivity contribution in [2.75, 3.05) is 19.7 Å². The van der Waals surface area contributed by atoms with E-state index < -0.39 is 5.82 Å². The van der Waals surface area contributed by atoms with Crippen molar-refractivity contribution in [2.45, 2.75) is 13.0 Å². The largest absolute Gasteiger partial charge is 0.370 e. The van der Waals surface area contributed by atoms with E-state index in [4.69, 9.17) is 4.74 Å². The minimum atomic E-state index is -0.480. The molecule has 2 aromatic carbocycles. The molecule has 1 amide bonds. The quantitative estimate of drug-likeness (QED) is 0.851. The molecule has 114 valence electrons. The zero-order valence-corrected chi connectivity index (χ0v) is 12.5. The molecule has 4 heteroatoms. The van der Waals surface area contributed by atoms with Gasteiger partial charge in [-0.2, -0.15) is 0 Å². The number of carbonyl (C=O) groups is 1. The van der Waals surface area contributed by atoms with Gasteiger partial charge >= 0.3 is 0 Å². The van der Waals surface area contributed by atoms with E-state index in [0.717, 1.165) is 11.1 Å². The first kappa shape index (κ1) is 14.7. The summed E-state index contributed by atoms with van der Waals surface area (Å²) in [4.78, 5) is 14.2. The van der Waals surface area contributed by atoms with Gasteiger partial charge in [0.2, 0.25) is 0 Å². The average Bonchev–Trinajstić information content (AvgIpc) is 2.55. The Labute approximate surface area is 129 Å². The summed E-state index contributed by atoms with van der Waals surface area (Å²) < 4.78 is 19.6. The molecule has 1 aliphatic heterocycles. The molecule has 1 atom stereocenters. The highest BCUT2D eigenvalue weighted by Crippen LogP contribution is 2.26. The number of hydrogen-bond acceptors (Lipinski definition) is 2. The lowest BCUT2D eigenvalue weighted by atomic mass is 10.0. The van der Waals surface area contributed by atoms with Crippen molar-refractivity contribution in [1.82, 2.24) is 4.90 Å². The highest BCUT2D eigenvalue weighted by atomic mass is 19.1. The predicted octanol–water partition coefficient (Wildman–Crippen LogP) is 3.35. The molecule has 1 heterocycles. The molecular weight excluding hydrogens is 281 g/mol. The summed E-state index contributed by atoms with van der Waals surface area (Å²) in [5.74, 6) is -0.758. The number of benzene rings is 2. The van der Waals surface area contributed by atoms with Crippen LogP contribution in [0.25, 0.3) is 0 Å². The van der Waals surface area contributed by atoms with Gasteiger partial charge in [-0.05, 0) is 30.2 Å². The van der Waals surface area contributed by atoms with Gasteiger partial charge in [0.25, 0.3) is 5.91 Å². The molecule has 3 nitrogen and oxygen atoms in total. The van der Waals surface area contributed by atoms with Gasteiger partial charge in [0, 0.05) is 6.54 Å². The zero-order chi connectivity index (χ0) is 15.5. The average molecular weight is 299 g/mol. The second-order valence-electron chi connectivity index (χ2n) is 5.45. The summed E-state index contributed by atoms with van der Waals surface area (Å²) in [5.41, 5.74) is 2.33. The summed E-state index contributed by atoms with van der Waals surface area (Å²) >= 11 is 0. The molecule has 0 bridgehead atoms. The maximum absolute atomic E-state index is 13.8. The molecule has 22 heavy (non-hydrogen) atoms. The lowest BCUT2D eigenvalue weighted by Gasteiger charge is -2.34. The fraction of sp³-hybridized carbons (Fsp3) is 0.278. The number of halogens is 1. The molecule has 1 aliphatic rings. The minimum absolute atomic E-state index is 0.118. The Morgan fingerprint density at radius 3 is 2.68 bits per heavy atom. The number of nitrogens with zero attached hydrogens (tertiary/aromatic N) is 1. The first-order chi connectivity index (χ1) is 10.7. The van der Waals surface area contributed by atoms with Crippen LogP contribution in [-0.2, 0) is 4.74 Å². The van der Waals surface area contributed by atoms with Gasteiger partial charge < -0.3 is 9.64 Å². The highest BCUT2D eigenvalue weighted by molar-refractivity contribution is 5.94. The van der Waals surface area contributed by atoms with Crippen molar-refractivity contribution in [3.05, 3.63) is 71.0 Å². The maximum atomic E-state index is 13.8. The third-order valence-electron chi connectivity index (χ3n) is 3.99. The Morgan fingerprint density at radius 1 is 1.18 bits per heavy atom. The van der Waals surface area contributed by atoms with Crippen molar-refractivity contribution < 1.29 is 13.9 Å². The smallest absolute Gasteiger partial charge is 0.257 e. The lowest BCUT2D eigenvalue weighted by Crippen LogP contribution is -2.42. The molecule has 0 aliphatic carbocycles. The van der Waals surface area contributed by atoms with Crippen LogP contribution in [0.4, 0.5) is 4.39 Å². The van der Waals surface area contributed by atoms with Crippen LogP contribution in [0.2, 0.25) is 0 Å². The molecule has 2 aromatic rings. The van der Waals surface area contributed by atoms with Gasteiger partial charge in [0.15, 0.2) is 0 Å². The summed E-state index contributed by atoms with van der Waals surface area (Å²) in [6, 6.07) is 14.1. The van der Waals surface area contributed by atoms with Crippen LogP contribution in [0, 0.1) is 12.7 Å². The molecule has 1 unspecified atom stereocenters. The van der Waals surface area contributed by atoms with Gasteiger partial charge in [0.1, 0.15) is 11.9 Å². The molecule has 1 saturated heterocycles. The second kappa shape index (κ2) is 6.28. The number of carbonyl (C=O) groups excluding carboxylic acids is 1. The van der Waals surface area contributed by atoms with Crippen molar-refractivity contribution in [2.24, 2.45) is 0 Å². The Hall–Kier alpha value is -2.20. The maximum Gasteiger partial charge on any atom is 0.257 e. The topological polar surface area (TPSA) is 29.5 Å². The second-order valence-corrected chi connectivity index (χ2v) is 5.45. The molecule has 0 radical (unpaired) electrons. The van der Waals surface area contributed by atoms with Crippen LogP contribution >= 0.6 is 0 Å². The first-order valence-corrected chi connectivity index (χ1v) is 7.38. The number of amides is 1. The van der Waals surface area contributed by atoms with E-state index in [1.807, 2.05) is 31.2 Å². The van der Waals surface area contributed by atoms with Gasteiger partial charge in [-0.25, -0.2) is 4.39 Å². The first-order valence-electron chi connectivity index (χ1n) is 7.38. The van der Waals surface area contributed by atoms with E-state index in [-0.39, 0.29) is 17.6 Å². The fourth-order valence-corrected chi connectivity index (χ4v) is 2.77.